The number of hydrogen-bond donors (Lipinski definition) is 1. The molecule has 0 unspecified atom stereocenters. The minimum Gasteiger partial charge on any atom is -0.490 e. The Labute approximate surface area is 219 Å². The monoisotopic (exact) mass is 522 g/mol. The Balaban J connectivity index is 1.59. The molecule has 1 aliphatic rings. The number of carbonyl (C=O) groups is 1. The minimum atomic E-state index is -0.612. The molecule has 1 saturated heterocycles. The van der Waals surface area contributed by atoms with Gasteiger partial charge in [0, 0.05) is 49.2 Å². The molecule has 2 N–H and O–H groups in total. The number of nitrogens with zero attached hydrogens (tertiary/aromatic N) is 5. The first kappa shape index (κ1) is 25.0. The molecule has 10 heteroatoms. The van der Waals surface area contributed by atoms with Crippen molar-refractivity contribution in [1.29, 1.82) is 0 Å². The molecule has 1 aliphatic heterocycles. The molecular formula is C27H28ClFN6O2. The van der Waals surface area contributed by atoms with Crippen molar-refractivity contribution in [3.8, 4) is 16.9 Å². The van der Waals surface area contributed by atoms with Gasteiger partial charge < -0.3 is 15.4 Å². The van der Waals surface area contributed by atoms with Gasteiger partial charge in [-0.15, -0.1) is 0 Å². The van der Waals surface area contributed by atoms with Crippen LogP contribution in [-0.4, -0.2) is 49.4 Å². The van der Waals surface area contributed by atoms with Gasteiger partial charge in [0.05, 0.1) is 22.4 Å². The smallest absolute Gasteiger partial charge is 0.272 e. The second-order valence-corrected chi connectivity index (χ2v) is 9.86. The van der Waals surface area contributed by atoms with Gasteiger partial charge in [-0.2, -0.15) is 0 Å². The van der Waals surface area contributed by atoms with Crippen LogP contribution in [0, 0.1) is 12.7 Å². The molecular weight excluding hydrogens is 495 g/mol. The molecule has 3 aromatic heterocycles. The van der Waals surface area contributed by atoms with Crippen molar-refractivity contribution in [2.45, 2.75) is 46.1 Å². The number of ether oxygens (including phenoxy) is 1. The van der Waals surface area contributed by atoms with Gasteiger partial charge in [-0.25, -0.2) is 14.4 Å². The topological polar surface area (TPSA) is 98.6 Å². The van der Waals surface area contributed by atoms with Crippen molar-refractivity contribution < 1.29 is 13.9 Å². The van der Waals surface area contributed by atoms with Gasteiger partial charge in [-0.3, -0.25) is 14.2 Å². The number of fused-ring (bicyclic) bond motifs is 1. The number of halogens is 2. The maximum atomic E-state index is 15.6. The summed E-state index contributed by atoms with van der Waals surface area (Å²) in [7, 11) is 0. The van der Waals surface area contributed by atoms with E-state index in [9.17, 15) is 4.79 Å². The normalized spacial score (nSPS) is 13.6. The zero-order valence-corrected chi connectivity index (χ0v) is 21.7. The van der Waals surface area contributed by atoms with Crippen molar-refractivity contribution in [3.05, 3.63) is 70.4 Å². The third-order valence-corrected chi connectivity index (χ3v) is 6.72. The number of carbonyl (C=O) groups excluding carboxylic acids is 1. The molecule has 37 heavy (non-hydrogen) atoms. The van der Waals surface area contributed by atoms with Crippen LogP contribution in [0.5, 0.6) is 5.75 Å². The van der Waals surface area contributed by atoms with E-state index >= 15 is 4.39 Å². The van der Waals surface area contributed by atoms with Gasteiger partial charge in [-0.1, -0.05) is 17.7 Å². The molecule has 0 radical (unpaired) electrons. The number of nitrogens with two attached hydrogens (primary N) is 1. The Morgan fingerprint density at radius 1 is 1.24 bits per heavy atom. The van der Waals surface area contributed by atoms with Crippen molar-refractivity contribution in [1.82, 2.24) is 24.3 Å². The van der Waals surface area contributed by atoms with Crippen LogP contribution in [0.4, 0.5) is 10.2 Å². The van der Waals surface area contributed by atoms with Gasteiger partial charge in [-0.05, 0) is 45.7 Å². The Morgan fingerprint density at radius 2 is 2.00 bits per heavy atom. The third kappa shape index (κ3) is 4.71. The molecule has 0 bridgehead atoms. The predicted molar refractivity (Wildman–Crippen MR) is 140 cm³/mol. The Kier molecular flexibility index (Phi) is 6.72. The van der Waals surface area contributed by atoms with Crippen LogP contribution >= 0.6 is 11.6 Å². The number of amides is 1. The Bertz CT molecular complexity index is 1480. The predicted octanol–water partition coefficient (Wildman–Crippen LogP) is 5.09. The van der Waals surface area contributed by atoms with E-state index in [1.807, 2.05) is 25.2 Å². The van der Waals surface area contributed by atoms with E-state index in [-0.39, 0.29) is 22.6 Å². The highest BCUT2D eigenvalue weighted by atomic mass is 35.5. The number of anilines is 1. The minimum absolute atomic E-state index is 0.0444. The number of hydrogen-bond acceptors (Lipinski definition) is 6. The van der Waals surface area contributed by atoms with E-state index in [2.05, 4.69) is 15.0 Å². The molecule has 4 aromatic rings. The maximum absolute atomic E-state index is 15.6. The van der Waals surface area contributed by atoms with E-state index in [0.29, 0.717) is 40.6 Å². The lowest BCUT2D eigenvalue weighted by Crippen LogP contribution is -2.28. The van der Waals surface area contributed by atoms with Crippen molar-refractivity contribution in [2.75, 3.05) is 18.8 Å². The molecule has 192 valence electrons. The fourth-order valence-corrected chi connectivity index (χ4v) is 5.01. The quantitative estimate of drug-likeness (QED) is 0.379. The molecule has 8 nitrogen and oxygen atoms in total. The van der Waals surface area contributed by atoms with Crippen LogP contribution in [0.1, 0.15) is 54.3 Å². The number of pyridine rings is 1. The van der Waals surface area contributed by atoms with Crippen LogP contribution < -0.4 is 10.5 Å². The van der Waals surface area contributed by atoms with Gasteiger partial charge in [0.2, 0.25) is 0 Å². The first-order valence-corrected chi connectivity index (χ1v) is 12.6. The molecule has 4 heterocycles. The molecule has 0 aliphatic carbocycles. The average Bonchev–Trinajstić information content (AvgIpc) is 3.51. The molecule has 1 fully saturated rings. The molecule has 0 spiro atoms. The van der Waals surface area contributed by atoms with Crippen molar-refractivity contribution >= 4 is 28.8 Å². The summed E-state index contributed by atoms with van der Waals surface area (Å²) in [6, 6.07) is 4.87. The average molecular weight is 523 g/mol. The SMILES string of the molecule is Cc1nc(Cc2cc(Cl)c(F)c(-c3ccc(C(=O)N4CCCC4)nc3)c2OC(C)C)n2ccnc(N)c12. The summed E-state index contributed by atoms with van der Waals surface area (Å²) in [5.74, 6) is 0.691. The number of benzene rings is 1. The highest BCUT2D eigenvalue weighted by Gasteiger charge is 2.25. The zero-order chi connectivity index (χ0) is 26.3. The van der Waals surface area contributed by atoms with Gasteiger partial charge >= 0.3 is 0 Å². The summed E-state index contributed by atoms with van der Waals surface area (Å²) in [6.45, 7) is 7.06. The summed E-state index contributed by atoms with van der Waals surface area (Å²) in [4.78, 5) is 27.7. The summed E-state index contributed by atoms with van der Waals surface area (Å²) in [5, 5.41) is -0.0444. The van der Waals surface area contributed by atoms with E-state index in [0.717, 1.165) is 37.1 Å². The highest BCUT2D eigenvalue weighted by molar-refractivity contribution is 6.31. The van der Waals surface area contributed by atoms with Crippen LogP contribution in [0.25, 0.3) is 16.6 Å². The lowest BCUT2D eigenvalue weighted by Gasteiger charge is -2.20. The maximum Gasteiger partial charge on any atom is 0.272 e. The summed E-state index contributed by atoms with van der Waals surface area (Å²) in [5.41, 5.74) is 9.18. The fourth-order valence-electron chi connectivity index (χ4n) is 4.78. The van der Waals surface area contributed by atoms with E-state index in [1.165, 1.54) is 6.20 Å². The fraction of sp³-hybridized carbons (Fsp3) is 0.333. The number of aromatic nitrogens is 4. The molecule has 1 amide bonds. The lowest BCUT2D eigenvalue weighted by molar-refractivity contribution is 0.0787. The number of likely N-dealkylation sites (tertiary alicyclic amines) is 1. The Hall–Kier alpha value is -3.72. The van der Waals surface area contributed by atoms with E-state index in [4.69, 9.17) is 22.1 Å². The summed E-state index contributed by atoms with van der Waals surface area (Å²) >= 11 is 6.39. The third-order valence-electron chi connectivity index (χ3n) is 6.45. The number of aryl methyl sites for hydroxylation is 1. The number of rotatable bonds is 6. The first-order valence-electron chi connectivity index (χ1n) is 12.3. The van der Waals surface area contributed by atoms with Crippen LogP contribution in [0.3, 0.4) is 0 Å². The molecule has 0 atom stereocenters. The van der Waals surface area contributed by atoms with Gasteiger partial charge in [0.1, 0.15) is 28.6 Å². The molecule has 1 aromatic carbocycles. The second kappa shape index (κ2) is 9.97. The standard InChI is InChI=1S/C27H28ClFN6O2/c1-15(2)37-25-18(13-21-33-16(3)24-26(30)31-8-11-35(21)24)12-19(28)23(29)22(25)17-6-7-20(32-14-17)27(36)34-9-4-5-10-34/h6-8,11-12,14-15H,4-5,9-10,13H2,1-3H3,(H2,30,31). The largest absolute Gasteiger partial charge is 0.490 e. The summed E-state index contributed by atoms with van der Waals surface area (Å²) < 4.78 is 23.6. The van der Waals surface area contributed by atoms with E-state index < -0.39 is 5.82 Å². The highest BCUT2D eigenvalue weighted by Crippen LogP contribution is 2.41. The van der Waals surface area contributed by atoms with Crippen LogP contribution in [0.15, 0.2) is 36.8 Å². The summed E-state index contributed by atoms with van der Waals surface area (Å²) in [6.07, 6.45) is 6.95. The van der Waals surface area contributed by atoms with Crippen molar-refractivity contribution in [3.63, 3.8) is 0 Å². The zero-order valence-electron chi connectivity index (χ0n) is 21.0. The second-order valence-electron chi connectivity index (χ2n) is 9.45. The number of nitrogen functional groups attached to an aromatic ring is 1. The van der Waals surface area contributed by atoms with E-state index in [1.54, 1.807) is 35.5 Å². The van der Waals surface area contributed by atoms with Crippen LogP contribution in [-0.2, 0) is 6.42 Å². The van der Waals surface area contributed by atoms with Crippen molar-refractivity contribution in [2.24, 2.45) is 0 Å². The molecule has 5 rings (SSSR count). The van der Waals surface area contributed by atoms with Gasteiger partial charge in [0.15, 0.2) is 5.82 Å². The Morgan fingerprint density at radius 3 is 2.68 bits per heavy atom. The number of imidazole rings is 1. The van der Waals surface area contributed by atoms with Gasteiger partial charge in [0.25, 0.3) is 5.91 Å². The first-order chi connectivity index (χ1) is 17.7. The molecule has 0 saturated carbocycles. The van der Waals surface area contributed by atoms with Crippen LogP contribution in [0.2, 0.25) is 5.02 Å². The lowest BCUT2D eigenvalue weighted by atomic mass is 9.99.